The van der Waals surface area contributed by atoms with Gasteiger partial charge < -0.3 is 21.0 Å². The molecule has 2 aromatic heterocycles. The zero-order valence-corrected chi connectivity index (χ0v) is 27.8. The third kappa shape index (κ3) is 6.05. The second-order valence-electron chi connectivity index (χ2n) is 10.9. The molecule has 0 saturated carbocycles. The first-order chi connectivity index (χ1) is 23.9. The third-order valence-corrected chi connectivity index (χ3v) is 10.6. The smallest absolute Gasteiger partial charge is 0.353 e. The molecule has 0 aliphatic carbocycles. The predicted octanol–water partition coefficient (Wildman–Crippen LogP) is 4.26. The Morgan fingerprint density at radius 2 is 1.61 bits per heavy atom. The van der Waals surface area contributed by atoms with E-state index in [0.29, 0.717) is 22.1 Å². The van der Waals surface area contributed by atoms with Gasteiger partial charge in [0.05, 0.1) is 6.04 Å². The van der Waals surface area contributed by atoms with E-state index in [1.165, 1.54) is 28.0 Å². The average Bonchev–Trinajstić information content (AvgIpc) is 3.81. The number of aliphatic carboxylic acids is 1. The van der Waals surface area contributed by atoms with E-state index in [0.717, 1.165) is 28.2 Å². The highest BCUT2D eigenvalue weighted by atomic mass is 32.2. The average molecular weight is 711 g/mol. The van der Waals surface area contributed by atoms with Crippen molar-refractivity contribution in [3.63, 3.8) is 0 Å². The fourth-order valence-corrected chi connectivity index (χ4v) is 8.09. The molecule has 246 valence electrons. The van der Waals surface area contributed by atoms with E-state index in [4.69, 9.17) is 10.6 Å². The van der Waals surface area contributed by atoms with Gasteiger partial charge in [0.15, 0.2) is 9.47 Å². The van der Waals surface area contributed by atoms with Crippen molar-refractivity contribution in [3.8, 4) is 0 Å². The first-order valence-electron chi connectivity index (χ1n) is 14.9. The Kier molecular flexibility index (Phi) is 8.90. The number of nitrogens with one attached hydrogen (secondary N) is 1. The Morgan fingerprint density at radius 3 is 2.12 bits per heavy atom. The summed E-state index contributed by atoms with van der Waals surface area (Å²) in [6.07, 6.45) is 0.785. The van der Waals surface area contributed by atoms with Crippen LogP contribution in [0.3, 0.4) is 0 Å². The number of rotatable bonds is 11. The second-order valence-corrected chi connectivity index (χ2v) is 13.9. The van der Waals surface area contributed by atoms with Gasteiger partial charge in [-0.25, -0.2) is 4.79 Å². The van der Waals surface area contributed by atoms with Crippen LogP contribution in [0.5, 0.6) is 0 Å². The molecule has 0 spiro atoms. The Morgan fingerprint density at radius 1 is 1.00 bits per heavy atom. The van der Waals surface area contributed by atoms with Crippen LogP contribution < -0.4 is 11.1 Å². The normalized spacial score (nSPS) is 17.7. The van der Waals surface area contributed by atoms with E-state index in [-0.39, 0.29) is 22.4 Å². The minimum Gasteiger partial charge on any atom is -0.477 e. The summed E-state index contributed by atoms with van der Waals surface area (Å²) in [6, 6.07) is 26.8. The van der Waals surface area contributed by atoms with Crippen LogP contribution in [0.1, 0.15) is 35.4 Å². The van der Waals surface area contributed by atoms with Crippen molar-refractivity contribution in [1.29, 1.82) is 0 Å². The summed E-state index contributed by atoms with van der Waals surface area (Å²) < 4.78 is 4.80. The fourth-order valence-electron chi connectivity index (χ4n) is 5.96. The number of carboxylic acids is 1. The van der Waals surface area contributed by atoms with E-state index >= 15 is 0 Å². The summed E-state index contributed by atoms with van der Waals surface area (Å²) in [6.45, 7) is 0. The lowest BCUT2D eigenvalue weighted by Gasteiger charge is -2.49. The zero-order chi connectivity index (χ0) is 34.0. The molecule has 2 aliphatic rings. The van der Waals surface area contributed by atoms with Gasteiger partial charge in [-0.15, -0.1) is 10.2 Å². The number of hydrogen-bond donors (Lipinski definition) is 3. The van der Waals surface area contributed by atoms with Crippen LogP contribution >= 0.6 is 34.6 Å². The zero-order valence-electron chi connectivity index (χ0n) is 25.4. The Hall–Kier alpha value is -5.45. The van der Waals surface area contributed by atoms with Gasteiger partial charge in [0.1, 0.15) is 17.2 Å². The van der Waals surface area contributed by atoms with Crippen LogP contribution in [-0.4, -0.2) is 65.1 Å². The van der Waals surface area contributed by atoms with Gasteiger partial charge in [0, 0.05) is 33.1 Å². The number of β-lactam (4-membered cyclic amide) rings is 1. The number of amides is 2. The molecule has 2 unspecified atom stereocenters. The lowest BCUT2D eigenvalue weighted by Crippen LogP contribution is -2.72. The van der Waals surface area contributed by atoms with Crippen molar-refractivity contribution in [2.45, 2.75) is 34.9 Å². The summed E-state index contributed by atoms with van der Waals surface area (Å²) in [7, 11) is 0. The Balaban J connectivity index is 1.24. The van der Waals surface area contributed by atoms with Crippen molar-refractivity contribution >= 4 is 63.3 Å². The number of carboxylic acid groups (broad SMARTS) is 1. The molecule has 2 atom stereocenters. The predicted molar refractivity (Wildman–Crippen MR) is 183 cm³/mol. The highest BCUT2D eigenvalue weighted by Gasteiger charge is 2.54. The SMILES string of the molecule is Nc1nc(C(=NOC(c2ccccc2)(c2ccccc2)c2ccccc2)C(=O)NC2C(=O)N3C(C(=O)O)=C(Sc4nncs4)CCC23)ns1. The molecule has 4 heterocycles. The maximum Gasteiger partial charge on any atom is 0.353 e. The van der Waals surface area contributed by atoms with Gasteiger partial charge >= 0.3 is 5.97 Å². The molecule has 7 rings (SSSR count). The lowest BCUT2D eigenvalue weighted by atomic mass is 9.80. The molecular formula is C33H26N8O5S3. The number of fused-ring (bicyclic) bond motifs is 1. The number of allylic oxidation sites excluding steroid dienone is 1. The van der Waals surface area contributed by atoms with Crippen molar-refractivity contribution in [3.05, 3.63) is 130 Å². The topological polar surface area (TPSA) is 186 Å². The van der Waals surface area contributed by atoms with E-state index in [2.05, 4.69) is 30.0 Å². The molecule has 2 amide bonds. The van der Waals surface area contributed by atoms with Gasteiger partial charge in [-0.2, -0.15) is 9.36 Å². The maximum absolute atomic E-state index is 14.0. The number of carbonyl (C=O) groups is 3. The molecule has 3 aromatic carbocycles. The van der Waals surface area contributed by atoms with E-state index < -0.39 is 35.5 Å². The van der Waals surface area contributed by atoms with E-state index in [9.17, 15) is 19.5 Å². The molecule has 13 nitrogen and oxygen atoms in total. The van der Waals surface area contributed by atoms with Crippen LogP contribution in [0.4, 0.5) is 5.13 Å². The number of benzene rings is 3. The second kappa shape index (κ2) is 13.6. The minimum atomic E-state index is -1.31. The molecule has 49 heavy (non-hydrogen) atoms. The molecule has 5 aromatic rings. The monoisotopic (exact) mass is 710 g/mol. The molecule has 2 aliphatic heterocycles. The van der Waals surface area contributed by atoms with Gasteiger partial charge in [0.25, 0.3) is 11.8 Å². The summed E-state index contributed by atoms with van der Waals surface area (Å²) in [5.74, 6) is -2.68. The Bertz CT molecular complexity index is 1960. The van der Waals surface area contributed by atoms with E-state index in [1.807, 2.05) is 91.0 Å². The summed E-state index contributed by atoms with van der Waals surface area (Å²) in [5.41, 5.74) is 7.93. The van der Waals surface area contributed by atoms with Crippen LogP contribution in [0.2, 0.25) is 0 Å². The Labute approximate surface area is 291 Å². The van der Waals surface area contributed by atoms with Gasteiger partial charge in [-0.05, 0) is 12.8 Å². The number of oxime groups is 1. The number of carbonyl (C=O) groups excluding carboxylic acids is 2. The molecular weight excluding hydrogens is 685 g/mol. The number of hydrogen-bond acceptors (Lipinski definition) is 13. The molecule has 1 fully saturated rings. The number of anilines is 1. The first-order valence-corrected chi connectivity index (χ1v) is 17.4. The van der Waals surface area contributed by atoms with Crippen molar-refractivity contribution in [2.24, 2.45) is 5.16 Å². The summed E-state index contributed by atoms with van der Waals surface area (Å²) in [5, 5.41) is 25.1. The van der Waals surface area contributed by atoms with Gasteiger partial charge in [-0.1, -0.05) is 119 Å². The van der Waals surface area contributed by atoms with Crippen molar-refractivity contribution in [2.75, 3.05) is 5.73 Å². The summed E-state index contributed by atoms with van der Waals surface area (Å²) >= 11 is 3.32. The summed E-state index contributed by atoms with van der Waals surface area (Å²) in [4.78, 5) is 52.3. The molecule has 0 bridgehead atoms. The number of nitrogen functional groups attached to an aromatic ring is 1. The third-order valence-electron chi connectivity index (χ3n) is 8.12. The number of aromatic nitrogens is 4. The number of nitrogens with two attached hydrogens (primary N) is 1. The first kappa shape index (κ1) is 32.1. The standard InChI is InChI=1S/C33H26N8O5S3/c34-31-37-27(40-49-31)25(28(42)36-24-22-16-17-23(48-32-38-35-18-47-32)26(30(44)45)41(22)29(24)43)39-46-33(19-10-4-1-5-11-19,20-12-6-2-7-13-20)21-14-8-3-9-15-21/h1-15,18,22,24H,16-17H2,(H,36,42)(H,44,45)(H2,34,37,40). The quantitative estimate of drug-likeness (QED) is 0.0770. The van der Waals surface area contributed by atoms with Crippen LogP contribution in [0.25, 0.3) is 0 Å². The molecule has 1 saturated heterocycles. The molecule has 4 N–H and O–H groups in total. The van der Waals surface area contributed by atoms with Crippen LogP contribution in [-0.2, 0) is 24.8 Å². The minimum absolute atomic E-state index is 0.0859. The van der Waals surface area contributed by atoms with Gasteiger partial charge in [0.2, 0.25) is 17.1 Å². The fraction of sp³-hybridized carbons (Fsp3) is 0.152. The molecule has 0 radical (unpaired) electrons. The maximum atomic E-state index is 14.0. The van der Waals surface area contributed by atoms with E-state index in [1.54, 1.807) is 5.51 Å². The number of nitrogens with zero attached hydrogens (tertiary/aromatic N) is 6. The molecule has 16 heteroatoms. The van der Waals surface area contributed by atoms with Crippen molar-refractivity contribution < 1.29 is 24.3 Å². The highest BCUT2D eigenvalue weighted by Crippen LogP contribution is 2.44. The highest BCUT2D eigenvalue weighted by molar-refractivity contribution is 8.04. The van der Waals surface area contributed by atoms with Crippen molar-refractivity contribution in [1.82, 2.24) is 29.8 Å². The van der Waals surface area contributed by atoms with Gasteiger partial charge in [-0.3, -0.25) is 14.5 Å². The van der Waals surface area contributed by atoms with Crippen LogP contribution in [0.15, 0.2) is 117 Å². The largest absolute Gasteiger partial charge is 0.477 e. The number of thioether (sulfide) groups is 1. The van der Waals surface area contributed by atoms with Crippen LogP contribution in [0, 0.1) is 0 Å². The lowest BCUT2D eigenvalue weighted by molar-refractivity contribution is -0.155.